The van der Waals surface area contributed by atoms with Crippen molar-refractivity contribution in [3.63, 3.8) is 0 Å². The summed E-state index contributed by atoms with van der Waals surface area (Å²) >= 11 is 0. The smallest absolute Gasteiger partial charge is 0.231 e. The topological polar surface area (TPSA) is 89.1 Å². The first kappa shape index (κ1) is 21.7. The molecule has 1 aliphatic heterocycles. The lowest BCUT2D eigenvalue weighted by Gasteiger charge is -2.04. The summed E-state index contributed by atoms with van der Waals surface area (Å²) in [6.07, 6.45) is 2.15. The molecule has 1 aliphatic rings. The van der Waals surface area contributed by atoms with Gasteiger partial charge in [-0.3, -0.25) is 9.78 Å². The minimum atomic E-state index is 0.00666. The van der Waals surface area contributed by atoms with Crippen molar-refractivity contribution in [1.82, 2.24) is 20.3 Å². The zero-order chi connectivity index (χ0) is 23.3. The van der Waals surface area contributed by atoms with E-state index < -0.39 is 0 Å². The van der Waals surface area contributed by atoms with Gasteiger partial charge in [0.1, 0.15) is 5.82 Å². The van der Waals surface area contributed by atoms with Crippen LogP contribution in [-0.4, -0.2) is 27.7 Å². The van der Waals surface area contributed by atoms with Crippen molar-refractivity contribution in [1.29, 1.82) is 0 Å². The van der Waals surface area contributed by atoms with Crippen molar-refractivity contribution in [3.8, 4) is 34.1 Å². The molecule has 0 saturated carbocycles. The third-order valence-corrected chi connectivity index (χ3v) is 5.71. The van der Waals surface area contributed by atoms with Crippen molar-refractivity contribution in [3.05, 3.63) is 83.8 Å². The van der Waals surface area contributed by atoms with E-state index in [1.54, 1.807) is 0 Å². The summed E-state index contributed by atoms with van der Waals surface area (Å²) in [5.41, 5.74) is 5.39. The number of aromatic nitrogens is 3. The van der Waals surface area contributed by atoms with Gasteiger partial charge in [-0.1, -0.05) is 36.4 Å². The van der Waals surface area contributed by atoms with E-state index in [0.29, 0.717) is 24.5 Å². The normalized spacial score (nSPS) is 12.0. The van der Waals surface area contributed by atoms with E-state index in [1.807, 2.05) is 61.5 Å². The van der Waals surface area contributed by atoms with Gasteiger partial charge >= 0.3 is 0 Å². The fourth-order valence-corrected chi connectivity index (χ4v) is 3.99. The van der Waals surface area contributed by atoms with E-state index in [0.717, 1.165) is 46.9 Å². The van der Waals surface area contributed by atoms with Crippen LogP contribution < -0.4 is 14.8 Å². The zero-order valence-corrected chi connectivity index (χ0v) is 19.0. The van der Waals surface area contributed by atoms with Crippen LogP contribution in [0.25, 0.3) is 22.6 Å². The molecular weight excluding hydrogens is 428 g/mol. The fourth-order valence-electron chi connectivity index (χ4n) is 3.99. The van der Waals surface area contributed by atoms with E-state index in [2.05, 4.69) is 27.4 Å². The summed E-state index contributed by atoms with van der Waals surface area (Å²) in [5, 5.41) is 2.98. The summed E-state index contributed by atoms with van der Waals surface area (Å²) in [6.45, 7) is 2.48. The van der Waals surface area contributed by atoms with Gasteiger partial charge in [0.05, 0.1) is 23.6 Å². The standard InChI is InChI=1S/C27H26N4O3/c1-18-7-5-11-21(29-18)27-26(20-13-14-22-23(15-20)34-17-33-22)30-24(31-27)16-28-25(32)12-6-10-19-8-3-2-4-9-19/h2-5,7-9,11,13-15H,6,10,12,16-17H2,1H3,(H,28,32)(H,30,31). The lowest BCUT2D eigenvalue weighted by atomic mass is 10.1. The number of rotatable bonds is 8. The van der Waals surface area contributed by atoms with E-state index in [-0.39, 0.29) is 12.7 Å². The number of amides is 1. The lowest BCUT2D eigenvalue weighted by Crippen LogP contribution is -2.23. The van der Waals surface area contributed by atoms with Gasteiger partial charge in [0.2, 0.25) is 12.7 Å². The molecule has 7 nitrogen and oxygen atoms in total. The highest BCUT2D eigenvalue weighted by atomic mass is 16.7. The number of hydrogen-bond acceptors (Lipinski definition) is 5. The Morgan fingerprint density at radius 3 is 2.71 bits per heavy atom. The van der Waals surface area contributed by atoms with Gasteiger partial charge in [-0.05, 0) is 55.7 Å². The first-order valence-corrected chi connectivity index (χ1v) is 11.4. The quantitative estimate of drug-likeness (QED) is 0.399. The summed E-state index contributed by atoms with van der Waals surface area (Å²) in [4.78, 5) is 25.3. The molecule has 1 amide bonds. The van der Waals surface area contributed by atoms with Crippen LogP contribution in [0.1, 0.15) is 29.9 Å². The minimum Gasteiger partial charge on any atom is -0.454 e. The van der Waals surface area contributed by atoms with Crippen molar-refractivity contribution in [2.24, 2.45) is 0 Å². The molecule has 3 heterocycles. The summed E-state index contributed by atoms with van der Waals surface area (Å²) in [5.74, 6) is 2.09. The van der Waals surface area contributed by atoms with Gasteiger partial charge < -0.3 is 19.8 Å². The summed E-state index contributed by atoms with van der Waals surface area (Å²) < 4.78 is 11.0. The number of aryl methyl sites for hydroxylation is 2. The van der Waals surface area contributed by atoms with Crippen molar-refractivity contribution >= 4 is 5.91 Å². The molecule has 0 atom stereocenters. The summed E-state index contributed by atoms with van der Waals surface area (Å²) in [7, 11) is 0. The average Bonchev–Trinajstić information content (AvgIpc) is 3.50. The van der Waals surface area contributed by atoms with Crippen LogP contribution >= 0.6 is 0 Å². The van der Waals surface area contributed by atoms with Gasteiger partial charge in [-0.2, -0.15) is 0 Å². The number of carbonyl (C=O) groups excluding carboxylic acids is 1. The molecular formula is C27H26N4O3. The van der Waals surface area contributed by atoms with Crippen LogP contribution in [0.4, 0.5) is 0 Å². The molecule has 0 spiro atoms. The SMILES string of the molecule is Cc1cccc(-c2[nH]c(CNC(=O)CCCc3ccccc3)nc2-c2ccc3c(c2)OCO3)n1. The Hall–Kier alpha value is -4.13. The van der Waals surface area contributed by atoms with Crippen LogP contribution in [-0.2, 0) is 17.8 Å². The number of aromatic amines is 1. The number of ether oxygens (including phenoxy) is 2. The zero-order valence-electron chi connectivity index (χ0n) is 19.0. The largest absolute Gasteiger partial charge is 0.454 e. The minimum absolute atomic E-state index is 0.00666. The maximum atomic E-state index is 12.4. The maximum absolute atomic E-state index is 12.4. The highest BCUT2D eigenvalue weighted by Gasteiger charge is 2.20. The van der Waals surface area contributed by atoms with Crippen LogP contribution in [0.3, 0.4) is 0 Å². The predicted octanol–water partition coefficient (Wildman–Crippen LogP) is 4.81. The second-order valence-electron chi connectivity index (χ2n) is 8.26. The van der Waals surface area contributed by atoms with Crippen LogP contribution in [0, 0.1) is 6.92 Å². The van der Waals surface area contributed by atoms with E-state index in [4.69, 9.17) is 14.5 Å². The number of H-pyrrole nitrogens is 1. The molecule has 0 bridgehead atoms. The number of nitrogens with zero attached hydrogens (tertiary/aromatic N) is 2. The van der Waals surface area contributed by atoms with Crippen molar-refractivity contribution in [2.45, 2.75) is 32.7 Å². The molecule has 0 unspecified atom stereocenters. The van der Waals surface area contributed by atoms with Crippen LogP contribution in [0.2, 0.25) is 0 Å². The molecule has 0 aliphatic carbocycles. The van der Waals surface area contributed by atoms with Gasteiger partial charge in [-0.25, -0.2) is 4.98 Å². The van der Waals surface area contributed by atoms with E-state index >= 15 is 0 Å². The van der Waals surface area contributed by atoms with Crippen molar-refractivity contribution < 1.29 is 14.3 Å². The highest BCUT2D eigenvalue weighted by Crippen LogP contribution is 2.38. The van der Waals surface area contributed by atoms with Gasteiger partial charge in [0.25, 0.3) is 0 Å². The molecule has 2 aromatic carbocycles. The second-order valence-corrected chi connectivity index (χ2v) is 8.26. The molecule has 2 N–H and O–H groups in total. The molecule has 0 fully saturated rings. The third-order valence-electron chi connectivity index (χ3n) is 5.71. The van der Waals surface area contributed by atoms with E-state index in [1.165, 1.54) is 5.56 Å². The number of benzene rings is 2. The number of pyridine rings is 1. The Bertz CT molecular complexity index is 1300. The predicted molar refractivity (Wildman–Crippen MR) is 129 cm³/mol. The van der Waals surface area contributed by atoms with Crippen LogP contribution in [0.5, 0.6) is 11.5 Å². The molecule has 4 aromatic rings. The number of imidazole rings is 1. The summed E-state index contributed by atoms with van der Waals surface area (Å²) in [6, 6.07) is 21.8. The number of fused-ring (bicyclic) bond motifs is 1. The Labute approximate surface area is 198 Å². The first-order valence-electron chi connectivity index (χ1n) is 11.4. The molecule has 172 valence electrons. The molecule has 2 aromatic heterocycles. The molecule has 34 heavy (non-hydrogen) atoms. The second kappa shape index (κ2) is 9.79. The average molecular weight is 455 g/mol. The Morgan fingerprint density at radius 1 is 1.00 bits per heavy atom. The van der Waals surface area contributed by atoms with Crippen LogP contribution in [0.15, 0.2) is 66.7 Å². The molecule has 5 rings (SSSR count). The molecule has 0 saturated heterocycles. The Balaban J connectivity index is 1.32. The first-order chi connectivity index (χ1) is 16.7. The Morgan fingerprint density at radius 2 is 1.85 bits per heavy atom. The van der Waals surface area contributed by atoms with Gasteiger partial charge in [0, 0.05) is 17.7 Å². The Kier molecular flexibility index (Phi) is 6.25. The fraction of sp³-hybridized carbons (Fsp3) is 0.222. The molecule has 7 heteroatoms. The number of hydrogen-bond donors (Lipinski definition) is 2. The van der Waals surface area contributed by atoms with E-state index in [9.17, 15) is 4.79 Å². The van der Waals surface area contributed by atoms with Gasteiger partial charge in [0.15, 0.2) is 11.5 Å². The lowest BCUT2D eigenvalue weighted by molar-refractivity contribution is -0.121. The molecule has 0 radical (unpaired) electrons. The van der Waals surface area contributed by atoms with Crippen molar-refractivity contribution in [2.75, 3.05) is 6.79 Å². The monoisotopic (exact) mass is 454 g/mol. The number of carbonyl (C=O) groups is 1. The van der Waals surface area contributed by atoms with Gasteiger partial charge in [-0.15, -0.1) is 0 Å². The highest BCUT2D eigenvalue weighted by molar-refractivity contribution is 5.79. The maximum Gasteiger partial charge on any atom is 0.231 e. The third kappa shape index (κ3) is 4.93. The number of nitrogens with one attached hydrogen (secondary N) is 2.